The van der Waals surface area contributed by atoms with Gasteiger partial charge < -0.3 is 9.72 Å². The third-order valence-corrected chi connectivity index (χ3v) is 3.43. The first kappa shape index (κ1) is 12.8. The van der Waals surface area contributed by atoms with E-state index in [-0.39, 0.29) is 5.43 Å². The Morgan fingerprint density at radius 1 is 1.05 bits per heavy atom. The highest BCUT2D eigenvalue weighted by Gasteiger charge is 2.05. The number of aromatic amines is 1. The second-order valence-electron chi connectivity index (χ2n) is 4.47. The number of rotatable bonds is 2. The molecule has 2 aromatic carbocycles. The summed E-state index contributed by atoms with van der Waals surface area (Å²) in [5.41, 5.74) is 2.42. The average Bonchev–Trinajstić information content (AvgIpc) is 2.48. The van der Waals surface area contributed by atoms with Crippen molar-refractivity contribution in [3.05, 3.63) is 63.8 Å². The molecule has 0 saturated carbocycles. The summed E-state index contributed by atoms with van der Waals surface area (Å²) in [5, 5.41) is 1.15. The lowest BCUT2D eigenvalue weighted by atomic mass is 10.1. The molecule has 3 aromatic rings. The fourth-order valence-electron chi connectivity index (χ4n) is 2.15. The van der Waals surface area contributed by atoms with Gasteiger partial charge in [0.05, 0.1) is 7.11 Å². The minimum absolute atomic E-state index is 0.0490. The summed E-state index contributed by atoms with van der Waals surface area (Å²) in [4.78, 5) is 15.4. The van der Waals surface area contributed by atoms with E-state index in [2.05, 4.69) is 4.98 Å². The molecule has 0 atom stereocenters. The fourth-order valence-corrected chi connectivity index (χ4v) is 2.32. The summed E-state index contributed by atoms with van der Waals surface area (Å²) < 4.78 is 5.13. The number of halogens is 1. The number of H-pyrrole nitrogens is 1. The van der Waals surface area contributed by atoms with Crippen molar-refractivity contribution < 1.29 is 4.74 Å². The van der Waals surface area contributed by atoms with Gasteiger partial charge in [-0.1, -0.05) is 11.6 Å². The van der Waals surface area contributed by atoms with Crippen LogP contribution in [0.25, 0.3) is 22.2 Å². The molecule has 0 radical (unpaired) electrons. The maximum absolute atomic E-state index is 12.1. The molecule has 100 valence electrons. The number of ether oxygens (including phenoxy) is 1. The molecule has 1 aromatic heterocycles. The van der Waals surface area contributed by atoms with Crippen LogP contribution in [0.3, 0.4) is 0 Å². The minimum Gasteiger partial charge on any atom is -0.497 e. The second-order valence-corrected chi connectivity index (χ2v) is 4.90. The normalized spacial score (nSPS) is 10.7. The van der Waals surface area contributed by atoms with Gasteiger partial charge in [-0.3, -0.25) is 4.79 Å². The maximum atomic E-state index is 12.1. The molecule has 3 rings (SSSR count). The van der Waals surface area contributed by atoms with Crippen molar-refractivity contribution in [2.24, 2.45) is 0 Å². The van der Waals surface area contributed by atoms with Gasteiger partial charge in [-0.25, -0.2) is 0 Å². The zero-order chi connectivity index (χ0) is 14.1. The van der Waals surface area contributed by atoms with E-state index >= 15 is 0 Å². The van der Waals surface area contributed by atoms with Crippen molar-refractivity contribution in [3.8, 4) is 17.0 Å². The Morgan fingerprint density at radius 3 is 2.50 bits per heavy atom. The van der Waals surface area contributed by atoms with Crippen molar-refractivity contribution >= 4 is 22.5 Å². The molecule has 0 fully saturated rings. The van der Waals surface area contributed by atoms with Gasteiger partial charge >= 0.3 is 0 Å². The van der Waals surface area contributed by atoms with Crippen LogP contribution in [0.15, 0.2) is 53.3 Å². The van der Waals surface area contributed by atoms with Crippen LogP contribution in [0.5, 0.6) is 5.75 Å². The standard InChI is InChI=1S/C16H12ClNO2/c1-20-12-5-2-10(3-6-12)15-9-16(19)13-8-11(17)4-7-14(13)18-15/h2-9H,1H3,(H,18,19). The molecule has 20 heavy (non-hydrogen) atoms. The van der Waals surface area contributed by atoms with Crippen LogP contribution in [0, 0.1) is 0 Å². The first-order valence-electron chi connectivity index (χ1n) is 6.14. The van der Waals surface area contributed by atoms with Crippen molar-refractivity contribution in [2.75, 3.05) is 7.11 Å². The number of hydrogen-bond donors (Lipinski definition) is 1. The highest BCUT2D eigenvalue weighted by molar-refractivity contribution is 6.31. The minimum atomic E-state index is -0.0490. The van der Waals surface area contributed by atoms with Gasteiger partial charge in [0.2, 0.25) is 0 Å². The number of nitrogens with one attached hydrogen (secondary N) is 1. The summed E-state index contributed by atoms with van der Waals surface area (Å²) in [6.07, 6.45) is 0. The van der Waals surface area contributed by atoms with E-state index in [9.17, 15) is 4.79 Å². The van der Waals surface area contributed by atoms with Crippen LogP contribution in [-0.4, -0.2) is 12.1 Å². The molecule has 3 nitrogen and oxygen atoms in total. The van der Waals surface area contributed by atoms with Crippen molar-refractivity contribution in [2.45, 2.75) is 0 Å². The maximum Gasteiger partial charge on any atom is 0.190 e. The summed E-state index contributed by atoms with van der Waals surface area (Å²) in [5.74, 6) is 0.781. The van der Waals surface area contributed by atoms with Crippen LogP contribution < -0.4 is 10.2 Å². The summed E-state index contributed by atoms with van der Waals surface area (Å²) >= 11 is 5.91. The van der Waals surface area contributed by atoms with Gasteiger partial charge in [0.1, 0.15) is 5.75 Å². The summed E-state index contributed by atoms with van der Waals surface area (Å²) in [6.45, 7) is 0. The molecule has 0 saturated heterocycles. The molecular formula is C16H12ClNO2. The molecule has 0 unspecified atom stereocenters. The predicted octanol–water partition coefficient (Wildman–Crippen LogP) is 3.86. The topological polar surface area (TPSA) is 42.1 Å². The number of aromatic nitrogens is 1. The van der Waals surface area contributed by atoms with Crippen LogP contribution >= 0.6 is 11.6 Å². The first-order valence-corrected chi connectivity index (χ1v) is 6.52. The van der Waals surface area contributed by atoms with Gasteiger partial charge in [-0.05, 0) is 48.0 Å². The van der Waals surface area contributed by atoms with Gasteiger partial charge in [0.25, 0.3) is 0 Å². The van der Waals surface area contributed by atoms with Gasteiger partial charge in [0, 0.05) is 27.7 Å². The van der Waals surface area contributed by atoms with Gasteiger partial charge in [-0.15, -0.1) is 0 Å². The largest absolute Gasteiger partial charge is 0.497 e. The SMILES string of the molecule is COc1ccc(-c2cc(=O)c3cc(Cl)ccc3[nH]2)cc1. The highest BCUT2D eigenvalue weighted by Crippen LogP contribution is 2.22. The lowest BCUT2D eigenvalue weighted by Gasteiger charge is -2.06. The van der Waals surface area contributed by atoms with E-state index in [4.69, 9.17) is 16.3 Å². The molecule has 0 aliphatic heterocycles. The summed E-state index contributed by atoms with van der Waals surface area (Å²) in [7, 11) is 1.62. The molecule has 0 spiro atoms. The van der Waals surface area contributed by atoms with Crippen molar-refractivity contribution in [1.82, 2.24) is 4.98 Å². The Balaban J connectivity index is 2.16. The number of benzene rings is 2. The number of hydrogen-bond acceptors (Lipinski definition) is 2. The first-order chi connectivity index (χ1) is 9.67. The lowest BCUT2D eigenvalue weighted by Crippen LogP contribution is -2.02. The highest BCUT2D eigenvalue weighted by atomic mass is 35.5. The zero-order valence-corrected chi connectivity index (χ0v) is 11.6. The van der Waals surface area contributed by atoms with E-state index in [0.29, 0.717) is 10.4 Å². The monoisotopic (exact) mass is 285 g/mol. The van der Waals surface area contributed by atoms with E-state index in [1.54, 1.807) is 25.3 Å². The molecule has 4 heteroatoms. The average molecular weight is 286 g/mol. The predicted molar refractivity (Wildman–Crippen MR) is 81.6 cm³/mol. The molecular weight excluding hydrogens is 274 g/mol. The molecule has 0 aliphatic carbocycles. The number of methoxy groups -OCH3 is 1. The van der Waals surface area contributed by atoms with E-state index in [1.165, 1.54) is 0 Å². The Kier molecular flexibility index (Phi) is 3.20. The Hall–Kier alpha value is -2.26. The fraction of sp³-hybridized carbons (Fsp3) is 0.0625. The van der Waals surface area contributed by atoms with Crippen molar-refractivity contribution in [1.29, 1.82) is 0 Å². The molecule has 0 amide bonds. The van der Waals surface area contributed by atoms with Crippen LogP contribution in [0.4, 0.5) is 0 Å². The third-order valence-electron chi connectivity index (χ3n) is 3.19. The molecule has 1 heterocycles. The van der Waals surface area contributed by atoms with Gasteiger partial charge in [-0.2, -0.15) is 0 Å². The zero-order valence-electron chi connectivity index (χ0n) is 10.8. The smallest absolute Gasteiger partial charge is 0.190 e. The van der Waals surface area contributed by atoms with E-state index in [0.717, 1.165) is 22.5 Å². The number of fused-ring (bicyclic) bond motifs is 1. The van der Waals surface area contributed by atoms with E-state index in [1.807, 2.05) is 30.3 Å². The van der Waals surface area contributed by atoms with Crippen LogP contribution in [0.2, 0.25) is 5.02 Å². The number of pyridine rings is 1. The Labute approximate surface area is 120 Å². The molecule has 1 N–H and O–H groups in total. The Bertz CT molecular complexity index is 822. The lowest BCUT2D eigenvalue weighted by molar-refractivity contribution is 0.415. The third kappa shape index (κ3) is 2.28. The van der Waals surface area contributed by atoms with Crippen LogP contribution in [0.1, 0.15) is 0 Å². The van der Waals surface area contributed by atoms with E-state index < -0.39 is 0 Å². The summed E-state index contributed by atoms with van der Waals surface area (Å²) in [6, 6.07) is 14.4. The van der Waals surface area contributed by atoms with Crippen molar-refractivity contribution in [3.63, 3.8) is 0 Å². The quantitative estimate of drug-likeness (QED) is 0.777. The van der Waals surface area contributed by atoms with Crippen LogP contribution in [-0.2, 0) is 0 Å². The second kappa shape index (κ2) is 5.02. The molecule has 0 bridgehead atoms. The molecule has 0 aliphatic rings. The Morgan fingerprint density at radius 2 is 1.80 bits per heavy atom. The van der Waals surface area contributed by atoms with Gasteiger partial charge in [0.15, 0.2) is 5.43 Å².